The van der Waals surface area contributed by atoms with Crippen LogP contribution in [0.4, 0.5) is 5.69 Å². The molecule has 3 rings (SSSR count). The van der Waals surface area contributed by atoms with E-state index in [1.807, 2.05) is 50.5 Å². The van der Waals surface area contributed by atoms with Gasteiger partial charge < -0.3 is 19.1 Å². The molecule has 0 N–H and O–H groups in total. The molecule has 0 saturated heterocycles. The molecule has 0 spiro atoms. The molecule has 0 atom stereocenters. The number of hydrogen-bond donors (Lipinski definition) is 0. The average molecular weight is 364 g/mol. The van der Waals surface area contributed by atoms with E-state index in [4.69, 9.17) is 19.2 Å². The number of rotatable bonds is 6. The van der Waals surface area contributed by atoms with Crippen molar-refractivity contribution in [2.24, 2.45) is 0 Å². The lowest BCUT2D eigenvalue weighted by Gasteiger charge is -2.14. The second-order valence-corrected chi connectivity index (χ2v) is 6.26. The Labute approximate surface area is 159 Å². The Morgan fingerprint density at radius 3 is 2.19 bits per heavy atom. The van der Waals surface area contributed by atoms with Crippen molar-refractivity contribution < 1.29 is 14.2 Å². The lowest BCUT2D eigenvalue weighted by molar-refractivity contribution is 0.348. The minimum atomic E-state index is 0.631. The van der Waals surface area contributed by atoms with Crippen molar-refractivity contribution in [1.82, 2.24) is 4.98 Å². The number of hydrogen-bond acceptors (Lipinski definition) is 5. The standard InChI is InChI=1S/C22H24N2O3/c1-24(2)18-8-6-7-15-9-11-17(23-22(15)18)12-10-16-13-20(26-4)21(27-5)14-19(16)25-3/h6-14H,1-5H3. The van der Waals surface area contributed by atoms with Gasteiger partial charge in [-0.1, -0.05) is 18.2 Å². The zero-order valence-electron chi connectivity index (χ0n) is 16.3. The Morgan fingerprint density at radius 1 is 0.815 bits per heavy atom. The molecule has 2 aromatic carbocycles. The summed E-state index contributed by atoms with van der Waals surface area (Å²) in [6.45, 7) is 0. The minimum absolute atomic E-state index is 0.631. The van der Waals surface area contributed by atoms with E-state index < -0.39 is 0 Å². The first-order valence-electron chi connectivity index (χ1n) is 8.62. The molecular formula is C22H24N2O3. The second-order valence-electron chi connectivity index (χ2n) is 6.26. The molecule has 27 heavy (non-hydrogen) atoms. The van der Waals surface area contributed by atoms with Crippen LogP contribution in [-0.2, 0) is 0 Å². The summed E-state index contributed by atoms with van der Waals surface area (Å²) in [7, 11) is 8.90. The zero-order valence-corrected chi connectivity index (χ0v) is 16.3. The van der Waals surface area contributed by atoms with E-state index in [1.165, 1.54) is 0 Å². The van der Waals surface area contributed by atoms with Gasteiger partial charge in [0.15, 0.2) is 11.5 Å². The molecule has 0 aliphatic rings. The highest BCUT2D eigenvalue weighted by Crippen LogP contribution is 2.35. The molecule has 1 aromatic heterocycles. The van der Waals surface area contributed by atoms with Crippen LogP contribution in [0.1, 0.15) is 11.3 Å². The number of aromatic nitrogens is 1. The summed E-state index contributed by atoms with van der Waals surface area (Å²) in [5, 5.41) is 1.11. The van der Waals surface area contributed by atoms with Crippen molar-refractivity contribution in [2.45, 2.75) is 0 Å². The number of para-hydroxylation sites is 1. The van der Waals surface area contributed by atoms with Crippen molar-refractivity contribution in [3.63, 3.8) is 0 Å². The quantitative estimate of drug-likeness (QED) is 0.644. The number of benzene rings is 2. The van der Waals surface area contributed by atoms with Gasteiger partial charge in [0.25, 0.3) is 0 Å². The third-order valence-corrected chi connectivity index (χ3v) is 4.37. The molecule has 0 saturated carbocycles. The fourth-order valence-corrected chi connectivity index (χ4v) is 2.96. The second kappa shape index (κ2) is 7.99. The maximum atomic E-state index is 5.48. The monoisotopic (exact) mass is 364 g/mol. The summed E-state index contributed by atoms with van der Waals surface area (Å²) in [6.07, 6.45) is 3.93. The highest BCUT2D eigenvalue weighted by Gasteiger charge is 2.10. The lowest BCUT2D eigenvalue weighted by Crippen LogP contribution is -2.09. The zero-order chi connectivity index (χ0) is 19.4. The molecule has 1 heterocycles. The van der Waals surface area contributed by atoms with E-state index in [0.29, 0.717) is 17.2 Å². The highest BCUT2D eigenvalue weighted by atomic mass is 16.5. The van der Waals surface area contributed by atoms with Crippen molar-refractivity contribution in [3.05, 3.63) is 53.7 Å². The summed E-state index contributed by atoms with van der Waals surface area (Å²) in [4.78, 5) is 6.89. The van der Waals surface area contributed by atoms with Crippen LogP contribution in [0.5, 0.6) is 17.2 Å². The van der Waals surface area contributed by atoms with Crippen LogP contribution < -0.4 is 19.1 Å². The molecule has 0 fully saturated rings. The highest BCUT2D eigenvalue weighted by molar-refractivity contribution is 5.91. The summed E-state index contributed by atoms with van der Waals surface area (Å²) < 4.78 is 16.2. The molecule has 5 heteroatoms. The van der Waals surface area contributed by atoms with Gasteiger partial charge in [-0.2, -0.15) is 0 Å². The number of nitrogens with zero attached hydrogens (tertiary/aromatic N) is 2. The fraction of sp³-hybridized carbons (Fsp3) is 0.227. The Bertz CT molecular complexity index is 981. The predicted molar refractivity (Wildman–Crippen MR) is 111 cm³/mol. The number of pyridine rings is 1. The van der Waals surface area contributed by atoms with Gasteiger partial charge >= 0.3 is 0 Å². The van der Waals surface area contributed by atoms with Crippen LogP contribution in [0.15, 0.2) is 42.5 Å². The Morgan fingerprint density at radius 2 is 1.52 bits per heavy atom. The Kier molecular flexibility index (Phi) is 5.50. The van der Waals surface area contributed by atoms with Crippen LogP contribution in [0.2, 0.25) is 0 Å². The van der Waals surface area contributed by atoms with Crippen molar-refractivity contribution in [3.8, 4) is 17.2 Å². The van der Waals surface area contributed by atoms with E-state index in [2.05, 4.69) is 23.1 Å². The third-order valence-electron chi connectivity index (χ3n) is 4.37. The minimum Gasteiger partial charge on any atom is -0.496 e. The van der Waals surface area contributed by atoms with Gasteiger partial charge in [0.1, 0.15) is 5.75 Å². The Hall–Kier alpha value is -3.21. The average Bonchev–Trinajstić information content (AvgIpc) is 2.70. The van der Waals surface area contributed by atoms with E-state index in [1.54, 1.807) is 21.3 Å². The largest absolute Gasteiger partial charge is 0.496 e. The predicted octanol–water partition coefficient (Wildman–Crippen LogP) is 4.50. The van der Waals surface area contributed by atoms with E-state index in [9.17, 15) is 0 Å². The number of methoxy groups -OCH3 is 3. The molecule has 3 aromatic rings. The van der Waals surface area contributed by atoms with Gasteiger partial charge in [0.2, 0.25) is 0 Å². The molecule has 0 bridgehead atoms. The maximum Gasteiger partial charge on any atom is 0.164 e. The SMILES string of the molecule is COc1cc(OC)c(OC)cc1C=Cc1ccc2cccc(N(C)C)c2n1. The van der Waals surface area contributed by atoms with Crippen LogP contribution >= 0.6 is 0 Å². The summed E-state index contributed by atoms with van der Waals surface area (Å²) in [5.41, 5.74) is 3.82. The first-order chi connectivity index (χ1) is 13.1. The van der Waals surface area contributed by atoms with Crippen LogP contribution in [-0.4, -0.2) is 40.4 Å². The summed E-state index contributed by atoms with van der Waals surface area (Å²) >= 11 is 0. The maximum absolute atomic E-state index is 5.48. The summed E-state index contributed by atoms with van der Waals surface area (Å²) in [5.74, 6) is 1.99. The smallest absolute Gasteiger partial charge is 0.164 e. The first kappa shape index (κ1) is 18.6. The molecule has 0 aliphatic heterocycles. The van der Waals surface area contributed by atoms with E-state index >= 15 is 0 Å². The number of fused-ring (bicyclic) bond motifs is 1. The first-order valence-corrected chi connectivity index (χ1v) is 8.62. The summed E-state index contributed by atoms with van der Waals surface area (Å²) in [6, 6.07) is 14.0. The normalized spacial score (nSPS) is 11.0. The van der Waals surface area contributed by atoms with E-state index in [0.717, 1.165) is 27.8 Å². The fourth-order valence-electron chi connectivity index (χ4n) is 2.96. The lowest BCUT2D eigenvalue weighted by atomic mass is 10.1. The van der Waals surface area contributed by atoms with Crippen molar-refractivity contribution in [1.29, 1.82) is 0 Å². The molecule has 5 nitrogen and oxygen atoms in total. The van der Waals surface area contributed by atoms with Gasteiger partial charge in [-0.3, -0.25) is 0 Å². The third kappa shape index (κ3) is 3.82. The van der Waals surface area contributed by atoms with Crippen LogP contribution in [0.25, 0.3) is 23.1 Å². The van der Waals surface area contributed by atoms with Crippen LogP contribution in [0.3, 0.4) is 0 Å². The van der Waals surface area contributed by atoms with Gasteiger partial charge in [-0.25, -0.2) is 4.98 Å². The van der Waals surface area contributed by atoms with Crippen molar-refractivity contribution in [2.75, 3.05) is 40.3 Å². The molecule has 0 unspecified atom stereocenters. The number of ether oxygens (including phenoxy) is 3. The van der Waals surface area contributed by atoms with Gasteiger partial charge in [-0.15, -0.1) is 0 Å². The topological polar surface area (TPSA) is 43.8 Å². The van der Waals surface area contributed by atoms with Crippen LogP contribution in [0, 0.1) is 0 Å². The van der Waals surface area contributed by atoms with Gasteiger partial charge in [0, 0.05) is 31.1 Å². The van der Waals surface area contributed by atoms with Crippen molar-refractivity contribution >= 4 is 28.7 Å². The number of anilines is 1. The molecule has 140 valence electrons. The van der Waals surface area contributed by atoms with E-state index in [-0.39, 0.29) is 0 Å². The molecule has 0 amide bonds. The van der Waals surface area contributed by atoms with Gasteiger partial charge in [-0.05, 0) is 30.4 Å². The Balaban J connectivity index is 2.02. The van der Waals surface area contributed by atoms with Gasteiger partial charge in [0.05, 0.1) is 38.2 Å². The molecule has 0 radical (unpaired) electrons. The molecule has 0 aliphatic carbocycles. The molecular weight excluding hydrogens is 340 g/mol.